The summed E-state index contributed by atoms with van der Waals surface area (Å²) in [5, 5.41) is 8.09. The van der Waals surface area contributed by atoms with Gasteiger partial charge in [-0.05, 0) is 29.8 Å². The van der Waals surface area contributed by atoms with E-state index in [1.165, 1.54) is 24.3 Å². The molecule has 0 saturated heterocycles. The molecule has 140 valence electrons. The average Bonchev–Trinajstić information content (AvgIpc) is 3.11. The summed E-state index contributed by atoms with van der Waals surface area (Å²) in [7, 11) is -3.82. The Morgan fingerprint density at radius 3 is 2.41 bits per heavy atom. The number of nitrogens with zero attached hydrogens (tertiary/aromatic N) is 3. The number of amides is 1. The van der Waals surface area contributed by atoms with Crippen molar-refractivity contribution >= 4 is 15.9 Å². The van der Waals surface area contributed by atoms with Crippen molar-refractivity contribution in [3.63, 3.8) is 0 Å². The first kappa shape index (κ1) is 18.7. The van der Waals surface area contributed by atoms with E-state index in [0.717, 1.165) is 5.56 Å². The third-order valence-electron chi connectivity index (χ3n) is 3.69. The highest BCUT2D eigenvalue weighted by molar-refractivity contribution is 7.89. The summed E-state index contributed by atoms with van der Waals surface area (Å²) >= 11 is 0. The van der Waals surface area contributed by atoms with E-state index < -0.39 is 22.5 Å². The van der Waals surface area contributed by atoms with Gasteiger partial charge in [-0.3, -0.25) is 4.79 Å². The van der Waals surface area contributed by atoms with Gasteiger partial charge in [0.05, 0.1) is 24.2 Å². The molecule has 10 heteroatoms. The first-order chi connectivity index (χ1) is 12.8. The number of aromatic nitrogens is 3. The van der Waals surface area contributed by atoms with Gasteiger partial charge in [-0.2, -0.15) is 0 Å². The Morgan fingerprint density at radius 2 is 1.78 bits per heavy atom. The molecule has 1 amide bonds. The number of benzene rings is 2. The van der Waals surface area contributed by atoms with Gasteiger partial charge in [0, 0.05) is 5.56 Å². The topological polar surface area (TPSA) is 120 Å². The summed E-state index contributed by atoms with van der Waals surface area (Å²) in [6.45, 7) is -0.0431. The summed E-state index contributed by atoms with van der Waals surface area (Å²) in [6, 6.07) is 12.0. The second-order valence-electron chi connectivity index (χ2n) is 5.74. The predicted octanol–water partition coefficient (Wildman–Crippen LogP) is 0.896. The van der Waals surface area contributed by atoms with Gasteiger partial charge < -0.3 is 5.73 Å². The molecule has 0 aliphatic carbocycles. The van der Waals surface area contributed by atoms with E-state index in [0.29, 0.717) is 17.8 Å². The number of carbonyl (C=O) groups excluding carboxylic acids is 1. The van der Waals surface area contributed by atoms with Crippen molar-refractivity contribution in [2.24, 2.45) is 5.73 Å². The molecular weight excluding hydrogens is 373 g/mol. The molecule has 0 spiro atoms. The van der Waals surface area contributed by atoms with Crippen molar-refractivity contribution in [2.45, 2.75) is 11.4 Å². The lowest BCUT2D eigenvalue weighted by molar-refractivity contribution is -0.116. The fraction of sp³-hybridized carbons (Fsp3) is 0.118. The van der Waals surface area contributed by atoms with Gasteiger partial charge >= 0.3 is 0 Å². The fourth-order valence-electron chi connectivity index (χ4n) is 2.34. The van der Waals surface area contributed by atoms with E-state index >= 15 is 0 Å². The highest BCUT2D eigenvalue weighted by Gasteiger charge is 2.15. The number of sulfonamides is 1. The molecular formula is C17H16FN5O3S. The summed E-state index contributed by atoms with van der Waals surface area (Å²) in [5.41, 5.74) is 7.05. The Balaban J connectivity index is 1.73. The molecule has 0 radical (unpaired) electrons. The minimum Gasteiger partial charge on any atom is -0.369 e. The molecule has 0 saturated carbocycles. The lowest BCUT2D eigenvalue weighted by Crippen LogP contribution is -2.33. The van der Waals surface area contributed by atoms with Crippen LogP contribution in [-0.4, -0.2) is 35.9 Å². The van der Waals surface area contributed by atoms with Crippen LogP contribution in [-0.2, 0) is 21.4 Å². The Labute approximate surface area is 154 Å². The van der Waals surface area contributed by atoms with Crippen molar-refractivity contribution < 1.29 is 17.6 Å². The Bertz CT molecular complexity index is 1050. The highest BCUT2D eigenvalue weighted by atomic mass is 32.2. The maximum atomic E-state index is 13.0. The Kier molecular flexibility index (Phi) is 5.28. The molecule has 3 rings (SSSR count). The molecule has 0 aliphatic rings. The smallest absolute Gasteiger partial charge is 0.241 e. The standard InChI is InChI=1S/C17H16FN5O3S/c18-14-5-1-12(2-6-14)10-23-11-16(21-22-23)13-3-7-15(8-4-13)27(25,26)20-9-17(19)24/h1-8,11,20H,9-10H2,(H2,19,24). The van der Waals surface area contributed by atoms with Crippen LogP contribution in [0.25, 0.3) is 11.3 Å². The SMILES string of the molecule is NC(=O)CNS(=O)(=O)c1ccc(-c2cn(Cc3ccc(F)cc3)nn2)cc1. The first-order valence-corrected chi connectivity index (χ1v) is 9.35. The molecule has 3 N–H and O–H groups in total. The van der Waals surface area contributed by atoms with Crippen LogP contribution in [0.2, 0.25) is 0 Å². The zero-order valence-corrected chi connectivity index (χ0v) is 14.9. The van der Waals surface area contributed by atoms with Gasteiger partial charge in [0.15, 0.2) is 0 Å². The normalized spacial score (nSPS) is 11.4. The zero-order valence-electron chi connectivity index (χ0n) is 14.0. The third kappa shape index (κ3) is 4.74. The van der Waals surface area contributed by atoms with Crippen molar-refractivity contribution in [3.05, 3.63) is 66.1 Å². The molecule has 2 aromatic carbocycles. The van der Waals surface area contributed by atoms with E-state index in [4.69, 9.17) is 5.73 Å². The van der Waals surface area contributed by atoms with Gasteiger partial charge in [-0.15, -0.1) is 5.10 Å². The molecule has 0 aliphatic heterocycles. The number of halogens is 1. The molecule has 0 atom stereocenters. The number of carbonyl (C=O) groups is 1. The van der Waals surface area contributed by atoms with Crippen LogP contribution in [0.3, 0.4) is 0 Å². The Morgan fingerprint density at radius 1 is 1.11 bits per heavy atom. The summed E-state index contributed by atoms with van der Waals surface area (Å²) in [5.74, 6) is -1.08. The lowest BCUT2D eigenvalue weighted by atomic mass is 10.2. The number of hydrogen-bond acceptors (Lipinski definition) is 5. The number of primary amides is 1. The molecule has 0 unspecified atom stereocenters. The second-order valence-corrected chi connectivity index (χ2v) is 7.51. The number of rotatable bonds is 7. The monoisotopic (exact) mass is 389 g/mol. The van der Waals surface area contributed by atoms with Crippen molar-refractivity contribution in [2.75, 3.05) is 6.54 Å². The van der Waals surface area contributed by atoms with Crippen LogP contribution in [0.5, 0.6) is 0 Å². The third-order valence-corrected chi connectivity index (χ3v) is 5.11. The highest BCUT2D eigenvalue weighted by Crippen LogP contribution is 2.19. The molecule has 0 fully saturated rings. The van der Waals surface area contributed by atoms with Crippen molar-refractivity contribution in [3.8, 4) is 11.3 Å². The van der Waals surface area contributed by atoms with Crippen molar-refractivity contribution in [1.29, 1.82) is 0 Å². The van der Waals surface area contributed by atoms with Crippen LogP contribution < -0.4 is 10.5 Å². The average molecular weight is 389 g/mol. The second kappa shape index (κ2) is 7.64. The molecule has 8 nitrogen and oxygen atoms in total. The fourth-order valence-corrected chi connectivity index (χ4v) is 3.33. The van der Waals surface area contributed by atoms with Crippen molar-refractivity contribution in [1.82, 2.24) is 19.7 Å². The van der Waals surface area contributed by atoms with Gasteiger partial charge in [0.1, 0.15) is 11.5 Å². The minimum atomic E-state index is -3.82. The Hall–Kier alpha value is -3.11. The van der Waals surface area contributed by atoms with Gasteiger partial charge in [-0.1, -0.05) is 29.5 Å². The van der Waals surface area contributed by atoms with E-state index in [2.05, 4.69) is 15.0 Å². The molecule has 1 aromatic heterocycles. The number of hydrogen-bond donors (Lipinski definition) is 2. The van der Waals surface area contributed by atoms with E-state index in [1.54, 1.807) is 35.1 Å². The van der Waals surface area contributed by atoms with Crippen LogP contribution in [0, 0.1) is 5.82 Å². The van der Waals surface area contributed by atoms with Crippen LogP contribution in [0.4, 0.5) is 4.39 Å². The summed E-state index contributed by atoms with van der Waals surface area (Å²) < 4.78 is 40.7. The maximum absolute atomic E-state index is 13.0. The molecule has 0 bridgehead atoms. The van der Waals surface area contributed by atoms with Gasteiger partial charge in [0.25, 0.3) is 0 Å². The summed E-state index contributed by atoms with van der Waals surface area (Å²) in [6.07, 6.45) is 1.71. The molecule has 27 heavy (non-hydrogen) atoms. The quantitative estimate of drug-likeness (QED) is 0.622. The number of nitrogens with one attached hydrogen (secondary N) is 1. The largest absolute Gasteiger partial charge is 0.369 e. The predicted molar refractivity (Wildman–Crippen MR) is 95.3 cm³/mol. The minimum absolute atomic E-state index is 0.00574. The van der Waals surface area contributed by atoms with Gasteiger partial charge in [-0.25, -0.2) is 22.2 Å². The van der Waals surface area contributed by atoms with E-state index in [-0.39, 0.29) is 10.7 Å². The number of nitrogens with two attached hydrogens (primary N) is 1. The first-order valence-electron chi connectivity index (χ1n) is 7.86. The van der Waals surface area contributed by atoms with E-state index in [9.17, 15) is 17.6 Å². The van der Waals surface area contributed by atoms with Crippen LogP contribution >= 0.6 is 0 Å². The van der Waals surface area contributed by atoms with Crippen LogP contribution in [0.15, 0.2) is 59.6 Å². The summed E-state index contributed by atoms with van der Waals surface area (Å²) in [4.78, 5) is 10.7. The van der Waals surface area contributed by atoms with Crippen LogP contribution in [0.1, 0.15) is 5.56 Å². The van der Waals surface area contributed by atoms with Gasteiger partial charge in [0.2, 0.25) is 15.9 Å². The zero-order chi connectivity index (χ0) is 19.4. The van der Waals surface area contributed by atoms with E-state index in [1.807, 2.05) is 0 Å². The molecule has 1 heterocycles. The lowest BCUT2D eigenvalue weighted by Gasteiger charge is -2.05. The molecule has 3 aromatic rings. The maximum Gasteiger partial charge on any atom is 0.241 e.